The van der Waals surface area contributed by atoms with Gasteiger partial charge in [0.05, 0.1) is 0 Å². The first-order chi connectivity index (χ1) is 11.5. The third-order valence-electron chi connectivity index (χ3n) is 7.92. The van der Waals surface area contributed by atoms with Crippen LogP contribution >= 0.6 is 0 Å². The van der Waals surface area contributed by atoms with Gasteiger partial charge in [-0.3, -0.25) is 0 Å². The van der Waals surface area contributed by atoms with Crippen molar-refractivity contribution in [1.29, 1.82) is 0 Å². The van der Waals surface area contributed by atoms with Crippen molar-refractivity contribution in [1.82, 2.24) is 0 Å². The number of hydrogen-bond acceptors (Lipinski definition) is 3. The molecule has 0 aromatic carbocycles. The highest BCUT2D eigenvalue weighted by Crippen LogP contribution is 2.59. The van der Waals surface area contributed by atoms with Crippen LogP contribution in [0.2, 0.25) is 18.1 Å². The summed E-state index contributed by atoms with van der Waals surface area (Å²) in [4.78, 5) is 0. The van der Waals surface area contributed by atoms with Crippen LogP contribution < -0.4 is 0 Å². The van der Waals surface area contributed by atoms with Crippen molar-refractivity contribution in [3.63, 3.8) is 0 Å². The average Bonchev–Trinajstić information content (AvgIpc) is 2.85. The summed E-state index contributed by atoms with van der Waals surface area (Å²) in [5, 5.41) is 0.281. The second-order valence-corrected chi connectivity index (χ2v) is 15.1. The van der Waals surface area contributed by atoms with E-state index in [1.807, 2.05) is 0 Å². The molecule has 0 aromatic heterocycles. The van der Waals surface area contributed by atoms with Crippen LogP contribution in [-0.4, -0.2) is 34.9 Å². The van der Waals surface area contributed by atoms with Gasteiger partial charge < -0.3 is 13.9 Å². The van der Waals surface area contributed by atoms with E-state index in [2.05, 4.69) is 47.7 Å². The van der Waals surface area contributed by atoms with Crippen molar-refractivity contribution < 1.29 is 13.9 Å². The van der Waals surface area contributed by atoms with Gasteiger partial charge in [-0.1, -0.05) is 41.0 Å². The summed E-state index contributed by atoms with van der Waals surface area (Å²) in [5.74, 6) is 1.78. The monoisotopic (exact) mass is 370 g/mol. The molecule has 148 valence electrons. The minimum atomic E-state index is -1.72. The first kappa shape index (κ1) is 21.4. The Bertz CT molecular complexity index is 441. The lowest BCUT2D eigenvalue weighted by Gasteiger charge is -2.50. The molecule has 0 unspecified atom stereocenters. The Morgan fingerprint density at radius 1 is 1.04 bits per heavy atom. The van der Waals surface area contributed by atoms with Crippen molar-refractivity contribution in [2.45, 2.75) is 97.2 Å². The van der Waals surface area contributed by atoms with E-state index in [-0.39, 0.29) is 11.3 Å². The Balaban J connectivity index is 2.18. The fourth-order valence-corrected chi connectivity index (χ4v) is 6.83. The summed E-state index contributed by atoms with van der Waals surface area (Å²) < 4.78 is 18.1. The molecule has 0 bridgehead atoms. The molecule has 0 saturated heterocycles. The third-order valence-corrected chi connectivity index (χ3v) is 12.4. The maximum Gasteiger partial charge on any atom is 0.192 e. The van der Waals surface area contributed by atoms with E-state index in [0.29, 0.717) is 29.3 Å². The van der Waals surface area contributed by atoms with Gasteiger partial charge in [0.2, 0.25) is 0 Å². The minimum absolute atomic E-state index is 0.0951. The normalized spacial score (nSPS) is 35.0. The second-order valence-electron chi connectivity index (χ2n) is 10.3. The SMILES string of the molecule is COC(OC)[C@@H](C)[C@H]1CC[C@H]2[C@@H](O[Si](C)(C)C(C)(C)C)CCC[C@]12C. The van der Waals surface area contributed by atoms with Gasteiger partial charge in [-0.15, -0.1) is 0 Å². The van der Waals surface area contributed by atoms with Crippen molar-refractivity contribution in [3.8, 4) is 0 Å². The highest BCUT2D eigenvalue weighted by atomic mass is 28.4. The minimum Gasteiger partial charge on any atom is -0.414 e. The van der Waals surface area contributed by atoms with Gasteiger partial charge in [0.25, 0.3) is 0 Å². The highest BCUT2D eigenvalue weighted by molar-refractivity contribution is 6.74. The molecule has 4 heteroatoms. The number of ether oxygens (including phenoxy) is 2. The van der Waals surface area contributed by atoms with E-state index in [9.17, 15) is 0 Å². The van der Waals surface area contributed by atoms with Gasteiger partial charge in [-0.2, -0.15) is 0 Å². The molecule has 0 N–H and O–H groups in total. The molecule has 0 radical (unpaired) electrons. The van der Waals surface area contributed by atoms with E-state index >= 15 is 0 Å². The zero-order valence-electron chi connectivity index (χ0n) is 18.1. The average molecular weight is 371 g/mol. The van der Waals surface area contributed by atoms with Crippen molar-refractivity contribution in [2.75, 3.05) is 14.2 Å². The van der Waals surface area contributed by atoms with Gasteiger partial charge in [0.15, 0.2) is 14.6 Å². The van der Waals surface area contributed by atoms with Gasteiger partial charge in [-0.05, 0) is 61.1 Å². The molecule has 2 rings (SSSR count). The Kier molecular flexibility index (Phi) is 6.51. The summed E-state index contributed by atoms with van der Waals surface area (Å²) >= 11 is 0. The maximum absolute atomic E-state index is 6.94. The number of hydrogen-bond donors (Lipinski definition) is 0. The van der Waals surface area contributed by atoms with Gasteiger partial charge >= 0.3 is 0 Å². The smallest absolute Gasteiger partial charge is 0.192 e. The standard InChI is InChI=1S/C21H42O3Si/c1-15(19(22-6)23-7)16-12-13-17-18(11-10-14-21(16,17)5)24-25(8,9)20(2,3)4/h15-19H,10-14H2,1-9H3/t15-,16+,17-,18-,21+/m0/s1. The van der Waals surface area contributed by atoms with Gasteiger partial charge in [0.1, 0.15) is 0 Å². The van der Waals surface area contributed by atoms with Crippen LogP contribution in [0.4, 0.5) is 0 Å². The Hall–Kier alpha value is 0.0969. The van der Waals surface area contributed by atoms with E-state index in [1.165, 1.54) is 32.1 Å². The summed E-state index contributed by atoms with van der Waals surface area (Å²) in [6.07, 6.45) is 6.78. The van der Waals surface area contributed by atoms with Crippen LogP contribution in [0.1, 0.15) is 66.7 Å². The lowest BCUT2D eigenvalue weighted by molar-refractivity contribution is -0.159. The number of fused-ring (bicyclic) bond motifs is 1. The topological polar surface area (TPSA) is 27.7 Å². The molecule has 0 aromatic rings. The first-order valence-electron chi connectivity index (χ1n) is 10.2. The fraction of sp³-hybridized carbons (Fsp3) is 1.00. The lowest BCUT2D eigenvalue weighted by Crippen LogP contribution is -2.50. The van der Waals surface area contributed by atoms with Crippen molar-refractivity contribution >= 4 is 8.32 Å². The van der Waals surface area contributed by atoms with Crippen LogP contribution in [0.25, 0.3) is 0 Å². The summed E-state index contributed by atoms with van der Waals surface area (Å²) in [7, 11) is 1.82. The molecule has 2 saturated carbocycles. The second kappa shape index (κ2) is 7.61. The van der Waals surface area contributed by atoms with Crippen LogP contribution in [0.3, 0.4) is 0 Å². The molecule has 25 heavy (non-hydrogen) atoms. The predicted molar refractivity (Wildman–Crippen MR) is 107 cm³/mol. The molecule has 5 atom stereocenters. The fourth-order valence-electron chi connectivity index (χ4n) is 5.44. The zero-order chi connectivity index (χ0) is 19.0. The van der Waals surface area contributed by atoms with Gasteiger partial charge in [0, 0.05) is 26.2 Å². The lowest BCUT2D eigenvalue weighted by atomic mass is 9.62. The summed E-state index contributed by atoms with van der Waals surface area (Å²) in [6, 6.07) is 0. The van der Waals surface area contributed by atoms with Crippen LogP contribution in [-0.2, 0) is 13.9 Å². The van der Waals surface area contributed by atoms with Crippen LogP contribution in [0.5, 0.6) is 0 Å². The molecule has 0 aliphatic heterocycles. The van der Waals surface area contributed by atoms with Crippen LogP contribution in [0.15, 0.2) is 0 Å². The zero-order valence-corrected chi connectivity index (χ0v) is 19.1. The van der Waals surface area contributed by atoms with E-state index < -0.39 is 8.32 Å². The Morgan fingerprint density at radius 2 is 1.64 bits per heavy atom. The van der Waals surface area contributed by atoms with E-state index in [0.717, 1.165) is 0 Å². The molecule has 0 spiro atoms. The van der Waals surface area contributed by atoms with E-state index in [4.69, 9.17) is 13.9 Å². The number of rotatable bonds is 6. The third kappa shape index (κ3) is 4.02. The Labute approximate surface area is 157 Å². The van der Waals surface area contributed by atoms with Crippen molar-refractivity contribution in [2.24, 2.45) is 23.2 Å². The molecule has 0 heterocycles. The quantitative estimate of drug-likeness (QED) is 0.434. The Morgan fingerprint density at radius 3 is 2.16 bits per heavy atom. The molecule has 3 nitrogen and oxygen atoms in total. The summed E-state index contributed by atoms with van der Waals surface area (Å²) in [5.41, 5.74) is 0.361. The first-order valence-corrected chi connectivity index (χ1v) is 13.1. The largest absolute Gasteiger partial charge is 0.414 e. The molecular formula is C21H42O3Si. The van der Waals surface area contributed by atoms with Crippen LogP contribution in [0, 0.1) is 23.2 Å². The molecular weight excluding hydrogens is 328 g/mol. The molecule has 2 aliphatic rings. The molecule has 2 aliphatic carbocycles. The maximum atomic E-state index is 6.94. The van der Waals surface area contributed by atoms with E-state index in [1.54, 1.807) is 14.2 Å². The summed E-state index contributed by atoms with van der Waals surface area (Å²) in [6.45, 7) is 16.7. The predicted octanol–water partition coefficient (Wildman–Crippen LogP) is 5.85. The number of methoxy groups -OCH3 is 2. The molecule has 2 fully saturated rings. The van der Waals surface area contributed by atoms with Crippen molar-refractivity contribution in [3.05, 3.63) is 0 Å². The van der Waals surface area contributed by atoms with Gasteiger partial charge in [-0.25, -0.2) is 0 Å². The molecule has 0 amide bonds. The highest BCUT2D eigenvalue weighted by Gasteiger charge is 2.55.